The summed E-state index contributed by atoms with van der Waals surface area (Å²) in [6.45, 7) is 3.57. The van der Waals surface area contributed by atoms with Gasteiger partial charge < -0.3 is 15.6 Å². The average Bonchev–Trinajstić information content (AvgIpc) is 1.96. The highest BCUT2D eigenvalue weighted by molar-refractivity contribution is 8.31. The van der Waals surface area contributed by atoms with Crippen LogP contribution in [0.25, 0.3) is 0 Å². The molecule has 0 aromatic carbocycles. The largest absolute Gasteiger partial charge is 0.480 e. The van der Waals surface area contributed by atoms with Gasteiger partial charge in [-0.05, 0) is 12.8 Å². The summed E-state index contributed by atoms with van der Waals surface area (Å²) in [7, 11) is -2.50. The van der Waals surface area contributed by atoms with Gasteiger partial charge in [-0.3, -0.25) is 4.79 Å². The summed E-state index contributed by atoms with van der Waals surface area (Å²) in [4.78, 5) is 10.3. The SMILES string of the molecule is C=C(CCC(N)C(=O)O)NS(C)(=O)=S. The molecule has 0 aromatic rings. The third-order valence-corrected chi connectivity index (χ3v) is 2.31. The molecule has 0 aromatic heterocycles. The van der Waals surface area contributed by atoms with Crippen molar-refractivity contribution >= 4 is 25.8 Å². The quantitative estimate of drug-likeness (QED) is 0.584. The van der Waals surface area contributed by atoms with Gasteiger partial charge in [-0.2, -0.15) is 0 Å². The van der Waals surface area contributed by atoms with Crippen LogP contribution in [0.4, 0.5) is 0 Å². The van der Waals surface area contributed by atoms with E-state index in [2.05, 4.69) is 22.5 Å². The van der Waals surface area contributed by atoms with E-state index < -0.39 is 20.7 Å². The number of hydrogen-bond acceptors (Lipinski definition) is 4. The summed E-state index contributed by atoms with van der Waals surface area (Å²) >= 11 is 4.60. The zero-order valence-corrected chi connectivity index (χ0v) is 9.49. The van der Waals surface area contributed by atoms with Crippen LogP contribution in [0.15, 0.2) is 12.3 Å². The Hall–Kier alpha value is -0.660. The fourth-order valence-corrected chi connectivity index (χ4v) is 1.75. The monoisotopic (exact) mass is 238 g/mol. The number of aliphatic carboxylic acids is 1. The molecule has 2 atom stereocenters. The molecule has 5 nitrogen and oxygen atoms in total. The molecule has 14 heavy (non-hydrogen) atoms. The van der Waals surface area contributed by atoms with Crippen molar-refractivity contribution in [2.45, 2.75) is 18.9 Å². The lowest BCUT2D eigenvalue weighted by Gasteiger charge is -2.10. The first-order valence-electron chi connectivity index (χ1n) is 3.86. The Morgan fingerprint density at radius 1 is 1.79 bits per heavy atom. The second-order valence-electron chi connectivity index (χ2n) is 2.96. The summed E-state index contributed by atoms with van der Waals surface area (Å²) in [5, 5.41) is 8.48. The van der Waals surface area contributed by atoms with E-state index in [0.717, 1.165) is 0 Å². The first kappa shape index (κ1) is 13.3. The average molecular weight is 238 g/mol. The molecular formula is C7H14N2O3S2. The van der Waals surface area contributed by atoms with Crippen molar-refractivity contribution in [1.29, 1.82) is 0 Å². The molecule has 0 rings (SSSR count). The summed E-state index contributed by atoms with van der Waals surface area (Å²) in [5.74, 6) is -1.06. The molecule has 82 valence electrons. The normalized spacial score (nSPS) is 16.7. The Balaban J connectivity index is 3.93. The predicted octanol–water partition coefficient (Wildman–Crippen LogP) is -0.427. The van der Waals surface area contributed by atoms with Crippen molar-refractivity contribution in [2.75, 3.05) is 6.26 Å². The van der Waals surface area contributed by atoms with Crippen molar-refractivity contribution in [3.05, 3.63) is 12.3 Å². The molecule has 4 N–H and O–H groups in total. The van der Waals surface area contributed by atoms with Crippen molar-refractivity contribution in [2.24, 2.45) is 5.73 Å². The van der Waals surface area contributed by atoms with Gasteiger partial charge in [-0.1, -0.05) is 6.58 Å². The van der Waals surface area contributed by atoms with Gasteiger partial charge in [-0.25, -0.2) is 4.21 Å². The Labute approximate surface area is 88.2 Å². The van der Waals surface area contributed by atoms with E-state index in [-0.39, 0.29) is 6.42 Å². The molecule has 0 saturated carbocycles. The molecule has 0 bridgehead atoms. The third kappa shape index (κ3) is 6.81. The van der Waals surface area contributed by atoms with Gasteiger partial charge in [0.1, 0.15) is 14.7 Å². The zero-order chi connectivity index (χ0) is 11.4. The number of nitrogens with two attached hydrogens (primary N) is 1. The second kappa shape index (κ2) is 5.28. The summed E-state index contributed by atoms with van der Waals surface area (Å²) in [6, 6.07) is -0.924. The Bertz CT molecular complexity index is 324. The zero-order valence-electron chi connectivity index (χ0n) is 7.86. The lowest BCUT2D eigenvalue weighted by atomic mass is 10.1. The van der Waals surface area contributed by atoms with Crippen LogP contribution in [0.2, 0.25) is 0 Å². The van der Waals surface area contributed by atoms with Gasteiger partial charge in [-0.15, -0.1) is 0 Å². The number of allylic oxidation sites excluding steroid dienone is 1. The smallest absolute Gasteiger partial charge is 0.320 e. The molecule has 0 fully saturated rings. The van der Waals surface area contributed by atoms with Gasteiger partial charge in [0, 0.05) is 23.1 Å². The molecule has 0 amide bonds. The molecule has 0 saturated heterocycles. The first-order valence-corrected chi connectivity index (χ1v) is 6.75. The molecule has 0 heterocycles. The minimum absolute atomic E-state index is 0.242. The van der Waals surface area contributed by atoms with Crippen LogP contribution < -0.4 is 10.5 Å². The van der Waals surface area contributed by atoms with Crippen LogP contribution in [0, 0.1) is 0 Å². The van der Waals surface area contributed by atoms with E-state index >= 15 is 0 Å². The van der Waals surface area contributed by atoms with Crippen LogP contribution >= 0.6 is 0 Å². The molecule has 0 aliphatic carbocycles. The molecule has 7 heteroatoms. The van der Waals surface area contributed by atoms with Crippen LogP contribution in [0.1, 0.15) is 12.8 Å². The van der Waals surface area contributed by atoms with E-state index in [1.54, 1.807) is 0 Å². The van der Waals surface area contributed by atoms with Gasteiger partial charge in [0.15, 0.2) is 0 Å². The standard InChI is InChI=1S/C7H14N2O3S2/c1-5(9-14(2,12)13)3-4-6(8)7(10)11/h6,9H,1,3-4,8H2,2H3,(H,10,11). The topological polar surface area (TPSA) is 92.4 Å². The minimum Gasteiger partial charge on any atom is -0.480 e. The molecule has 0 aliphatic rings. The van der Waals surface area contributed by atoms with Crippen molar-refractivity contribution in [3.8, 4) is 0 Å². The van der Waals surface area contributed by atoms with Crippen LogP contribution in [-0.4, -0.2) is 27.6 Å². The number of hydrogen-bond donors (Lipinski definition) is 3. The molecule has 0 aliphatic heterocycles. The molecule has 2 unspecified atom stereocenters. The van der Waals surface area contributed by atoms with E-state index in [0.29, 0.717) is 12.1 Å². The van der Waals surface area contributed by atoms with E-state index in [4.69, 9.17) is 10.8 Å². The van der Waals surface area contributed by atoms with Crippen LogP contribution in [0.5, 0.6) is 0 Å². The van der Waals surface area contributed by atoms with Gasteiger partial charge in [0.05, 0.1) is 0 Å². The fourth-order valence-electron chi connectivity index (χ4n) is 0.766. The fraction of sp³-hybridized carbons (Fsp3) is 0.571. The van der Waals surface area contributed by atoms with Crippen molar-refractivity contribution in [1.82, 2.24) is 4.72 Å². The molecular weight excluding hydrogens is 224 g/mol. The summed E-state index contributed by atoms with van der Waals surface area (Å²) in [6.07, 6.45) is 1.95. The third-order valence-electron chi connectivity index (χ3n) is 1.40. The van der Waals surface area contributed by atoms with Crippen LogP contribution in [-0.2, 0) is 24.7 Å². The maximum atomic E-state index is 11.1. The van der Waals surface area contributed by atoms with Crippen molar-refractivity contribution in [3.63, 3.8) is 0 Å². The predicted molar refractivity (Wildman–Crippen MR) is 58.6 cm³/mol. The highest BCUT2D eigenvalue weighted by Crippen LogP contribution is 2.02. The lowest BCUT2D eigenvalue weighted by molar-refractivity contribution is -0.138. The van der Waals surface area contributed by atoms with Crippen molar-refractivity contribution < 1.29 is 14.1 Å². The maximum absolute atomic E-state index is 11.1. The summed E-state index contributed by atoms with van der Waals surface area (Å²) in [5.41, 5.74) is 5.71. The highest BCUT2D eigenvalue weighted by Gasteiger charge is 2.11. The van der Waals surface area contributed by atoms with E-state index in [1.807, 2.05) is 0 Å². The number of rotatable bonds is 6. The van der Waals surface area contributed by atoms with Gasteiger partial charge in [0.25, 0.3) is 0 Å². The highest BCUT2D eigenvalue weighted by atomic mass is 32.8. The second-order valence-corrected chi connectivity index (χ2v) is 6.62. The molecule has 0 spiro atoms. The number of carboxylic acid groups (broad SMARTS) is 1. The Morgan fingerprint density at radius 2 is 2.29 bits per heavy atom. The number of carboxylic acids is 1. The minimum atomic E-state index is -2.50. The lowest BCUT2D eigenvalue weighted by Crippen LogP contribution is -2.31. The van der Waals surface area contributed by atoms with Crippen LogP contribution in [0.3, 0.4) is 0 Å². The van der Waals surface area contributed by atoms with E-state index in [9.17, 15) is 9.00 Å². The first-order chi connectivity index (χ1) is 6.22. The van der Waals surface area contributed by atoms with E-state index in [1.165, 1.54) is 6.26 Å². The molecule has 0 radical (unpaired) electrons. The Kier molecular flexibility index (Phi) is 5.03. The number of nitrogens with one attached hydrogen (secondary N) is 1. The van der Waals surface area contributed by atoms with Gasteiger partial charge >= 0.3 is 5.97 Å². The summed E-state index contributed by atoms with van der Waals surface area (Å²) < 4.78 is 13.6. The maximum Gasteiger partial charge on any atom is 0.320 e. The van der Waals surface area contributed by atoms with Gasteiger partial charge in [0.2, 0.25) is 0 Å². The number of carbonyl (C=O) groups is 1. The Morgan fingerprint density at radius 3 is 2.64 bits per heavy atom.